The second kappa shape index (κ2) is 12.8. The van der Waals surface area contributed by atoms with Crippen LogP contribution in [0.3, 0.4) is 0 Å². The van der Waals surface area contributed by atoms with Crippen LogP contribution in [0.1, 0.15) is 41.7 Å². The average molecular weight is 406 g/mol. The zero-order chi connectivity index (χ0) is 19.5. The quantitative estimate of drug-likeness (QED) is 0.530. The molecule has 0 radical (unpaired) electrons. The first-order chi connectivity index (χ1) is 13.1. The first kappa shape index (κ1) is 23.5. The van der Waals surface area contributed by atoms with E-state index in [9.17, 15) is 9.59 Å². The molecule has 0 fully saturated rings. The number of carbonyl (C=O) groups excluding carboxylic acids is 2. The monoisotopic (exact) mass is 405 g/mol. The van der Waals surface area contributed by atoms with E-state index in [-0.39, 0.29) is 30.3 Å². The van der Waals surface area contributed by atoms with Crippen LogP contribution in [0.15, 0.2) is 54.6 Å². The van der Waals surface area contributed by atoms with E-state index in [1.165, 1.54) is 0 Å². The predicted octanol–water partition coefficient (Wildman–Crippen LogP) is 2.83. The molecule has 1 unspecified atom stereocenters. The molecule has 28 heavy (non-hydrogen) atoms. The summed E-state index contributed by atoms with van der Waals surface area (Å²) in [5, 5.41) is 5.65. The SMILES string of the molecule is CCOc1ccccc1C(=O)NCCCC(=O)NCC(N)c1ccccc1.Cl. The zero-order valence-electron chi connectivity index (χ0n) is 16.0. The molecule has 152 valence electrons. The van der Waals surface area contributed by atoms with Gasteiger partial charge in [-0.1, -0.05) is 42.5 Å². The molecule has 0 aromatic heterocycles. The first-order valence-corrected chi connectivity index (χ1v) is 9.19. The van der Waals surface area contributed by atoms with Crippen molar-refractivity contribution in [2.24, 2.45) is 5.73 Å². The van der Waals surface area contributed by atoms with Crippen LogP contribution < -0.4 is 21.1 Å². The van der Waals surface area contributed by atoms with Gasteiger partial charge < -0.3 is 21.1 Å². The van der Waals surface area contributed by atoms with Crippen molar-refractivity contribution in [2.45, 2.75) is 25.8 Å². The fourth-order valence-corrected chi connectivity index (χ4v) is 2.61. The molecule has 0 aliphatic carbocycles. The lowest BCUT2D eigenvalue weighted by molar-refractivity contribution is -0.121. The number of amides is 2. The highest BCUT2D eigenvalue weighted by molar-refractivity contribution is 5.96. The van der Waals surface area contributed by atoms with Crippen LogP contribution in [0.25, 0.3) is 0 Å². The van der Waals surface area contributed by atoms with Crippen molar-refractivity contribution in [1.29, 1.82) is 0 Å². The normalized spacial score (nSPS) is 11.1. The summed E-state index contributed by atoms with van der Waals surface area (Å²) in [4.78, 5) is 24.2. The van der Waals surface area contributed by atoms with Crippen molar-refractivity contribution in [2.75, 3.05) is 19.7 Å². The van der Waals surface area contributed by atoms with Crippen LogP contribution in [0.2, 0.25) is 0 Å². The number of nitrogens with one attached hydrogen (secondary N) is 2. The van der Waals surface area contributed by atoms with Crippen LogP contribution >= 0.6 is 12.4 Å². The molecule has 7 heteroatoms. The molecule has 1 atom stereocenters. The molecule has 2 rings (SSSR count). The molecule has 6 nitrogen and oxygen atoms in total. The van der Waals surface area contributed by atoms with Gasteiger partial charge in [0.05, 0.1) is 12.2 Å². The van der Waals surface area contributed by atoms with Crippen LogP contribution in [-0.2, 0) is 4.79 Å². The van der Waals surface area contributed by atoms with Gasteiger partial charge in [-0.3, -0.25) is 9.59 Å². The van der Waals surface area contributed by atoms with Gasteiger partial charge in [0.1, 0.15) is 5.75 Å². The minimum Gasteiger partial charge on any atom is -0.493 e. The topological polar surface area (TPSA) is 93.4 Å². The van der Waals surface area contributed by atoms with E-state index in [1.807, 2.05) is 43.3 Å². The number of benzene rings is 2. The first-order valence-electron chi connectivity index (χ1n) is 9.19. The van der Waals surface area contributed by atoms with Crippen molar-refractivity contribution in [1.82, 2.24) is 10.6 Å². The Kier molecular flexibility index (Phi) is 10.7. The smallest absolute Gasteiger partial charge is 0.255 e. The Morgan fingerprint density at radius 3 is 2.43 bits per heavy atom. The van der Waals surface area contributed by atoms with Crippen molar-refractivity contribution in [3.05, 3.63) is 65.7 Å². The fraction of sp³-hybridized carbons (Fsp3) is 0.333. The maximum Gasteiger partial charge on any atom is 0.255 e. The van der Waals surface area contributed by atoms with Crippen molar-refractivity contribution >= 4 is 24.2 Å². The molecule has 0 saturated heterocycles. The van der Waals surface area contributed by atoms with Gasteiger partial charge in [-0.15, -0.1) is 12.4 Å². The van der Waals surface area contributed by atoms with Crippen LogP contribution in [0.4, 0.5) is 0 Å². The minimum atomic E-state index is -0.232. The average Bonchev–Trinajstić information content (AvgIpc) is 2.70. The second-order valence-corrected chi connectivity index (χ2v) is 6.11. The number of ether oxygens (including phenoxy) is 1. The fourth-order valence-electron chi connectivity index (χ4n) is 2.61. The van der Waals surface area contributed by atoms with E-state index < -0.39 is 0 Å². The van der Waals surface area contributed by atoms with Crippen molar-refractivity contribution in [3.8, 4) is 5.75 Å². The number of nitrogens with two attached hydrogens (primary N) is 1. The lowest BCUT2D eigenvalue weighted by atomic mass is 10.1. The summed E-state index contributed by atoms with van der Waals surface area (Å²) in [7, 11) is 0. The maximum atomic E-state index is 12.2. The lowest BCUT2D eigenvalue weighted by Crippen LogP contribution is -2.32. The molecule has 0 spiro atoms. The number of hydrogen-bond acceptors (Lipinski definition) is 4. The van der Waals surface area contributed by atoms with Crippen molar-refractivity contribution in [3.63, 3.8) is 0 Å². The summed E-state index contributed by atoms with van der Waals surface area (Å²) < 4.78 is 5.46. The van der Waals surface area contributed by atoms with E-state index in [0.717, 1.165) is 5.56 Å². The summed E-state index contributed by atoms with van der Waals surface area (Å²) >= 11 is 0. The Labute approximate surface area is 172 Å². The highest BCUT2D eigenvalue weighted by atomic mass is 35.5. The second-order valence-electron chi connectivity index (χ2n) is 6.11. The highest BCUT2D eigenvalue weighted by Gasteiger charge is 2.12. The predicted molar refractivity (Wildman–Crippen MR) is 113 cm³/mol. The third-order valence-electron chi connectivity index (χ3n) is 4.04. The van der Waals surface area contributed by atoms with Gasteiger partial charge in [-0.25, -0.2) is 0 Å². The van der Waals surface area contributed by atoms with E-state index in [2.05, 4.69) is 10.6 Å². The molecule has 0 bridgehead atoms. The third-order valence-corrected chi connectivity index (χ3v) is 4.04. The van der Waals surface area contributed by atoms with E-state index in [0.29, 0.717) is 43.9 Å². The number of carbonyl (C=O) groups is 2. The zero-order valence-corrected chi connectivity index (χ0v) is 16.8. The van der Waals surface area contributed by atoms with Crippen LogP contribution in [0, 0.1) is 0 Å². The van der Waals surface area contributed by atoms with Gasteiger partial charge in [-0.05, 0) is 31.0 Å². The van der Waals surface area contributed by atoms with Gasteiger partial charge in [0, 0.05) is 25.6 Å². The van der Waals surface area contributed by atoms with Gasteiger partial charge in [-0.2, -0.15) is 0 Å². The Balaban J connectivity index is 0.00000392. The molecule has 0 aliphatic rings. The Morgan fingerprint density at radius 2 is 1.71 bits per heavy atom. The summed E-state index contributed by atoms with van der Waals surface area (Å²) in [6.45, 7) is 3.17. The summed E-state index contributed by atoms with van der Waals surface area (Å²) in [6.07, 6.45) is 0.879. The van der Waals surface area contributed by atoms with E-state index in [1.54, 1.807) is 18.2 Å². The number of para-hydroxylation sites is 1. The van der Waals surface area contributed by atoms with E-state index in [4.69, 9.17) is 10.5 Å². The number of hydrogen-bond donors (Lipinski definition) is 3. The molecule has 2 aromatic rings. The maximum absolute atomic E-state index is 12.2. The molecule has 0 heterocycles. The molecule has 4 N–H and O–H groups in total. The van der Waals surface area contributed by atoms with E-state index >= 15 is 0 Å². The Hall–Kier alpha value is -2.57. The molecule has 2 aromatic carbocycles. The molecule has 0 aliphatic heterocycles. The Morgan fingerprint density at radius 1 is 1.04 bits per heavy atom. The third kappa shape index (κ3) is 7.58. The van der Waals surface area contributed by atoms with Gasteiger partial charge >= 0.3 is 0 Å². The summed E-state index contributed by atoms with van der Waals surface area (Å²) in [5.74, 6) is 0.279. The van der Waals surface area contributed by atoms with Crippen LogP contribution in [0.5, 0.6) is 5.75 Å². The highest BCUT2D eigenvalue weighted by Crippen LogP contribution is 2.17. The standard InChI is InChI=1S/C21H27N3O3.ClH/c1-2-27-19-12-7-6-11-17(19)21(26)23-14-8-13-20(25)24-15-18(22)16-9-4-3-5-10-16;/h3-7,9-12,18H,2,8,13-15,22H2,1H3,(H,23,26)(H,24,25);1H. The largest absolute Gasteiger partial charge is 0.493 e. The molecular formula is C21H28ClN3O3. The number of rotatable bonds is 10. The molecule has 0 saturated carbocycles. The summed E-state index contributed by atoms with van der Waals surface area (Å²) in [5.41, 5.74) is 7.54. The van der Waals surface area contributed by atoms with Gasteiger partial charge in [0.25, 0.3) is 5.91 Å². The molecule has 2 amide bonds. The minimum absolute atomic E-state index is 0. The van der Waals surface area contributed by atoms with Gasteiger partial charge in [0.15, 0.2) is 0 Å². The summed E-state index contributed by atoms with van der Waals surface area (Å²) in [6, 6.07) is 16.5. The number of halogens is 1. The van der Waals surface area contributed by atoms with Crippen molar-refractivity contribution < 1.29 is 14.3 Å². The molecular weight excluding hydrogens is 378 g/mol. The Bertz CT molecular complexity index is 741. The van der Waals surface area contributed by atoms with Crippen LogP contribution in [-0.4, -0.2) is 31.5 Å². The lowest BCUT2D eigenvalue weighted by Gasteiger charge is -2.13. The van der Waals surface area contributed by atoms with Gasteiger partial charge in [0.2, 0.25) is 5.91 Å².